The zero-order valence-corrected chi connectivity index (χ0v) is 11.6. The molecule has 20 heavy (non-hydrogen) atoms. The number of pyridine rings is 1. The zero-order valence-electron chi connectivity index (χ0n) is 11.6. The summed E-state index contributed by atoms with van der Waals surface area (Å²) in [6.07, 6.45) is 3.42. The smallest absolute Gasteiger partial charge is 0.339 e. The van der Waals surface area contributed by atoms with E-state index in [0.717, 1.165) is 42.4 Å². The summed E-state index contributed by atoms with van der Waals surface area (Å²) in [5.74, 6) is -0.282. The highest BCUT2D eigenvalue weighted by molar-refractivity contribution is 5.98. The second-order valence-electron chi connectivity index (χ2n) is 5.41. The third-order valence-electron chi connectivity index (χ3n) is 3.84. The average molecular weight is 270 g/mol. The van der Waals surface area contributed by atoms with Crippen molar-refractivity contribution in [3.63, 3.8) is 0 Å². The van der Waals surface area contributed by atoms with Gasteiger partial charge in [-0.3, -0.25) is 0 Å². The summed E-state index contributed by atoms with van der Waals surface area (Å²) in [5, 5.41) is 10.4. The van der Waals surface area contributed by atoms with E-state index in [2.05, 4.69) is 9.88 Å². The highest BCUT2D eigenvalue weighted by atomic mass is 16.4. The minimum Gasteiger partial charge on any atom is -0.478 e. The maximum atomic E-state index is 11.5. The van der Waals surface area contributed by atoms with Crippen LogP contribution >= 0.6 is 0 Å². The zero-order chi connectivity index (χ0) is 14.1. The molecule has 4 nitrogen and oxygen atoms in total. The summed E-state index contributed by atoms with van der Waals surface area (Å²) in [6, 6.07) is 7.70. The number of hydrogen-bond donors (Lipinski definition) is 1. The van der Waals surface area contributed by atoms with Gasteiger partial charge in [-0.2, -0.15) is 0 Å². The van der Waals surface area contributed by atoms with Crippen LogP contribution in [0.3, 0.4) is 0 Å². The first-order valence-corrected chi connectivity index (χ1v) is 7.05. The van der Waals surface area contributed by atoms with E-state index in [-0.39, 0.29) is 0 Å². The predicted octanol–water partition coefficient (Wildman–Crippen LogP) is 3.23. The molecule has 4 heteroatoms. The molecule has 0 amide bonds. The number of aromatic carboxylic acids is 1. The van der Waals surface area contributed by atoms with Crippen molar-refractivity contribution in [2.75, 3.05) is 18.0 Å². The SMILES string of the molecule is Cc1ccc2nc(N3CCCCC3)c(C(=O)O)cc2c1. The summed E-state index contributed by atoms with van der Waals surface area (Å²) in [5.41, 5.74) is 2.28. The van der Waals surface area contributed by atoms with Gasteiger partial charge in [-0.1, -0.05) is 11.6 Å². The van der Waals surface area contributed by atoms with Crippen molar-refractivity contribution >= 4 is 22.7 Å². The van der Waals surface area contributed by atoms with Gasteiger partial charge in [-0.15, -0.1) is 0 Å². The molecule has 0 bridgehead atoms. The van der Waals surface area contributed by atoms with Crippen molar-refractivity contribution in [1.29, 1.82) is 0 Å². The second-order valence-corrected chi connectivity index (χ2v) is 5.41. The van der Waals surface area contributed by atoms with Crippen molar-refractivity contribution in [3.05, 3.63) is 35.4 Å². The number of carboxylic acids is 1. The van der Waals surface area contributed by atoms with Crippen LogP contribution in [0.15, 0.2) is 24.3 Å². The lowest BCUT2D eigenvalue weighted by Gasteiger charge is -2.29. The van der Waals surface area contributed by atoms with Gasteiger partial charge in [0.1, 0.15) is 11.4 Å². The van der Waals surface area contributed by atoms with Crippen LogP contribution in [-0.2, 0) is 0 Å². The van der Waals surface area contributed by atoms with Crippen LogP contribution in [0.2, 0.25) is 0 Å². The van der Waals surface area contributed by atoms with E-state index >= 15 is 0 Å². The Morgan fingerprint density at radius 1 is 1.20 bits per heavy atom. The molecule has 104 valence electrons. The van der Waals surface area contributed by atoms with Gasteiger partial charge in [0.05, 0.1) is 5.52 Å². The fourth-order valence-electron chi connectivity index (χ4n) is 2.79. The van der Waals surface area contributed by atoms with Crippen molar-refractivity contribution in [1.82, 2.24) is 4.98 Å². The van der Waals surface area contributed by atoms with Crippen LogP contribution < -0.4 is 4.90 Å². The summed E-state index contributed by atoms with van der Waals surface area (Å²) < 4.78 is 0. The monoisotopic (exact) mass is 270 g/mol. The van der Waals surface area contributed by atoms with Crippen LogP contribution in [-0.4, -0.2) is 29.1 Å². The molecule has 0 saturated carbocycles. The number of aryl methyl sites for hydroxylation is 1. The number of aromatic nitrogens is 1. The highest BCUT2D eigenvalue weighted by Crippen LogP contribution is 2.26. The molecule has 2 aromatic rings. The van der Waals surface area contributed by atoms with E-state index in [0.29, 0.717) is 11.4 Å². The molecule has 3 rings (SSSR count). The average Bonchev–Trinajstić information content (AvgIpc) is 2.46. The summed E-state index contributed by atoms with van der Waals surface area (Å²) in [7, 11) is 0. The molecule has 1 aliphatic heterocycles. The Balaban J connectivity index is 2.15. The Bertz CT molecular complexity index is 661. The van der Waals surface area contributed by atoms with Gasteiger partial charge < -0.3 is 10.0 Å². The van der Waals surface area contributed by atoms with E-state index in [1.165, 1.54) is 6.42 Å². The molecule has 1 fully saturated rings. The van der Waals surface area contributed by atoms with E-state index in [4.69, 9.17) is 0 Å². The summed E-state index contributed by atoms with van der Waals surface area (Å²) in [6.45, 7) is 3.79. The maximum absolute atomic E-state index is 11.5. The molecule has 2 heterocycles. The van der Waals surface area contributed by atoms with Crippen molar-refractivity contribution in [2.45, 2.75) is 26.2 Å². The fraction of sp³-hybridized carbons (Fsp3) is 0.375. The minimum atomic E-state index is -0.901. The Kier molecular flexibility index (Phi) is 3.30. The number of carbonyl (C=O) groups is 1. The molecule has 0 unspecified atom stereocenters. The first-order valence-electron chi connectivity index (χ1n) is 7.05. The van der Waals surface area contributed by atoms with Crippen molar-refractivity contribution in [3.8, 4) is 0 Å². The fourth-order valence-corrected chi connectivity index (χ4v) is 2.79. The van der Waals surface area contributed by atoms with Crippen LogP contribution in [0.1, 0.15) is 35.2 Å². The van der Waals surface area contributed by atoms with Gasteiger partial charge in [-0.05, 0) is 44.4 Å². The Morgan fingerprint density at radius 2 is 1.95 bits per heavy atom. The van der Waals surface area contributed by atoms with Crippen molar-refractivity contribution < 1.29 is 9.90 Å². The molecule has 0 spiro atoms. The third kappa shape index (κ3) is 2.33. The number of fused-ring (bicyclic) bond motifs is 1. The lowest BCUT2D eigenvalue weighted by molar-refractivity contribution is 0.0697. The minimum absolute atomic E-state index is 0.310. The molecule has 1 saturated heterocycles. The Labute approximate surface area is 118 Å². The predicted molar refractivity (Wildman–Crippen MR) is 79.5 cm³/mol. The van der Waals surface area contributed by atoms with Crippen LogP contribution in [0, 0.1) is 6.92 Å². The number of nitrogens with zero attached hydrogens (tertiary/aromatic N) is 2. The molecule has 1 aliphatic rings. The molecule has 0 aliphatic carbocycles. The Hall–Kier alpha value is -2.10. The van der Waals surface area contributed by atoms with E-state index in [9.17, 15) is 9.90 Å². The van der Waals surface area contributed by atoms with E-state index < -0.39 is 5.97 Å². The topological polar surface area (TPSA) is 53.4 Å². The number of piperidine rings is 1. The normalized spacial score (nSPS) is 15.6. The van der Waals surface area contributed by atoms with Gasteiger partial charge in [0.2, 0.25) is 0 Å². The standard InChI is InChI=1S/C16H18N2O2/c1-11-5-6-14-12(9-11)10-13(16(19)20)15(17-14)18-7-3-2-4-8-18/h5-6,9-10H,2-4,7-8H2,1H3,(H,19,20). The lowest BCUT2D eigenvalue weighted by Crippen LogP contribution is -2.31. The molecule has 0 radical (unpaired) electrons. The third-order valence-corrected chi connectivity index (χ3v) is 3.84. The number of benzene rings is 1. The lowest BCUT2D eigenvalue weighted by atomic mass is 10.1. The first kappa shape index (κ1) is 12.9. The number of rotatable bonds is 2. The maximum Gasteiger partial charge on any atom is 0.339 e. The van der Waals surface area contributed by atoms with Gasteiger partial charge in [-0.25, -0.2) is 9.78 Å². The van der Waals surface area contributed by atoms with E-state index in [1.54, 1.807) is 6.07 Å². The molecule has 1 aromatic heterocycles. The van der Waals surface area contributed by atoms with E-state index in [1.807, 2.05) is 25.1 Å². The number of hydrogen-bond acceptors (Lipinski definition) is 3. The van der Waals surface area contributed by atoms with Crippen molar-refractivity contribution in [2.24, 2.45) is 0 Å². The van der Waals surface area contributed by atoms with Gasteiger partial charge in [0.25, 0.3) is 0 Å². The second kappa shape index (κ2) is 5.12. The molecular weight excluding hydrogens is 252 g/mol. The largest absolute Gasteiger partial charge is 0.478 e. The van der Waals surface area contributed by atoms with Crippen LogP contribution in [0.4, 0.5) is 5.82 Å². The molecule has 1 N–H and O–H groups in total. The van der Waals surface area contributed by atoms with Gasteiger partial charge in [0.15, 0.2) is 0 Å². The summed E-state index contributed by atoms with van der Waals surface area (Å²) in [4.78, 5) is 18.2. The number of anilines is 1. The first-order chi connectivity index (χ1) is 9.65. The van der Waals surface area contributed by atoms with Gasteiger partial charge in [0, 0.05) is 18.5 Å². The quantitative estimate of drug-likeness (QED) is 0.910. The number of carboxylic acid groups (broad SMARTS) is 1. The molecule has 1 aromatic carbocycles. The molecule has 0 atom stereocenters. The van der Waals surface area contributed by atoms with Crippen LogP contribution in [0.25, 0.3) is 10.9 Å². The molecular formula is C16H18N2O2. The van der Waals surface area contributed by atoms with Gasteiger partial charge >= 0.3 is 5.97 Å². The van der Waals surface area contributed by atoms with Crippen LogP contribution in [0.5, 0.6) is 0 Å². The highest BCUT2D eigenvalue weighted by Gasteiger charge is 2.20. The summed E-state index contributed by atoms with van der Waals surface area (Å²) >= 11 is 0. The Morgan fingerprint density at radius 3 is 2.65 bits per heavy atom.